The first-order chi connectivity index (χ1) is 16.4. The quantitative estimate of drug-likeness (QED) is 0.369. The van der Waals surface area contributed by atoms with Crippen LogP contribution >= 0.6 is 0 Å². The first-order valence-electron chi connectivity index (χ1n) is 10.4. The van der Waals surface area contributed by atoms with E-state index in [0.717, 1.165) is 11.1 Å². The number of carbonyl (C=O) groups excluding carboxylic acids is 3. The van der Waals surface area contributed by atoms with Crippen LogP contribution in [0.3, 0.4) is 0 Å². The zero-order chi connectivity index (χ0) is 24.5. The third-order valence-electron chi connectivity index (χ3n) is 4.82. The molecule has 0 aliphatic carbocycles. The van der Waals surface area contributed by atoms with Gasteiger partial charge in [0.1, 0.15) is 0 Å². The molecule has 3 aromatic carbocycles. The van der Waals surface area contributed by atoms with Gasteiger partial charge in [0.25, 0.3) is 17.7 Å². The van der Waals surface area contributed by atoms with Crippen LogP contribution in [0.15, 0.2) is 72.8 Å². The highest BCUT2D eigenvalue weighted by Gasteiger charge is 2.09. The van der Waals surface area contributed by atoms with Gasteiger partial charge in [0.15, 0.2) is 11.5 Å². The van der Waals surface area contributed by atoms with Crippen molar-refractivity contribution in [1.29, 1.82) is 0 Å². The maximum absolute atomic E-state index is 12.3. The lowest BCUT2D eigenvalue weighted by Gasteiger charge is -2.08. The van der Waals surface area contributed by atoms with Crippen molar-refractivity contribution in [3.05, 3.63) is 95.1 Å². The molecular formula is C26H25N3O5. The summed E-state index contributed by atoms with van der Waals surface area (Å²) >= 11 is 0. The molecule has 34 heavy (non-hydrogen) atoms. The van der Waals surface area contributed by atoms with Gasteiger partial charge in [-0.15, -0.1) is 0 Å². The number of methoxy groups -OCH3 is 2. The maximum Gasteiger partial charge on any atom is 0.269 e. The number of nitrogens with one attached hydrogen (secondary N) is 3. The fourth-order valence-electron chi connectivity index (χ4n) is 3.06. The maximum atomic E-state index is 12.3. The normalized spacial score (nSPS) is 10.4. The number of carbonyl (C=O) groups is 3. The van der Waals surface area contributed by atoms with Crippen LogP contribution in [0.4, 0.5) is 5.69 Å². The standard InChI is InChI=1S/C26H25N3O5/c1-17-5-4-6-20(15-17)25(31)27-21-11-9-19(10-12-21)26(32)29-28-24(30)14-8-18-7-13-22(33-2)23(16-18)34-3/h4-16H,1-3H3,(H,27,31)(H,28,30)(H,29,32)/b14-8+. The highest BCUT2D eigenvalue weighted by molar-refractivity contribution is 6.04. The van der Waals surface area contributed by atoms with Crippen molar-refractivity contribution in [2.75, 3.05) is 19.5 Å². The van der Waals surface area contributed by atoms with E-state index in [-0.39, 0.29) is 5.91 Å². The van der Waals surface area contributed by atoms with Gasteiger partial charge in [-0.05, 0) is 67.1 Å². The van der Waals surface area contributed by atoms with Gasteiger partial charge in [-0.2, -0.15) is 0 Å². The number of hydrogen-bond donors (Lipinski definition) is 3. The van der Waals surface area contributed by atoms with E-state index in [9.17, 15) is 14.4 Å². The summed E-state index contributed by atoms with van der Waals surface area (Å²) in [4.78, 5) is 36.7. The third kappa shape index (κ3) is 6.46. The second kappa shape index (κ2) is 11.3. The van der Waals surface area contributed by atoms with E-state index >= 15 is 0 Å². The molecule has 8 heteroatoms. The summed E-state index contributed by atoms with van der Waals surface area (Å²) in [6.07, 6.45) is 2.86. The molecule has 3 rings (SSSR count). The van der Waals surface area contributed by atoms with Crippen LogP contribution in [0, 0.1) is 6.92 Å². The topological polar surface area (TPSA) is 106 Å². The largest absolute Gasteiger partial charge is 0.493 e. The van der Waals surface area contributed by atoms with E-state index in [2.05, 4.69) is 16.2 Å². The molecule has 3 amide bonds. The molecule has 8 nitrogen and oxygen atoms in total. The average molecular weight is 460 g/mol. The minimum atomic E-state index is -0.509. The van der Waals surface area contributed by atoms with Gasteiger partial charge in [0.05, 0.1) is 14.2 Å². The molecule has 3 N–H and O–H groups in total. The molecule has 0 saturated heterocycles. The Morgan fingerprint density at radius 2 is 1.50 bits per heavy atom. The molecule has 0 unspecified atom stereocenters. The number of aryl methyl sites for hydroxylation is 1. The summed E-state index contributed by atoms with van der Waals surface area (Å²) in [5, 5.41) is 2.78. The minimum absolute atomic E-state index is 0.241. The molecule has 0 saturated carbocycles. The molecule has 0 atom stereocenters. The number of ether oxygens (including phenoxy) is 2. The van der Waals surface area contributed by atoms with Gasteiger partial charge < -0.3 is 14.8 Å². The zero-order valence-electron chi connectivity index (χ0n) is 19.0. The van der Waals surface area contributed by atoms with Crippen LogP contribution in [0.2, 0.25) is 0 Å². The number of anilines is 1. The average Bonchev–Trinajstić information content (AvgIpc) is 2.86. The fraction of sp³-hybridized carbons (Fsp3) is 0.115. The van der Waals surface area contributed by atoms with Crippen LogP contribution in [0.25, 0.3) is 6.08 Å². The smallest absolute Gasteiger partial charge is 0.269 e. The molecule has 0 fully saturated rings. The molecule has 0 aliphatic rings. The zero-order valence-corrected chi connectivity index (χ0v) is 19.0. The van der Waals surface area contributed by atoms with Crippen LogP contribution < -0.4 is 25.6 Å². The highest BCUT2D eigenvalue weighted by Crippen LogP contribution is 2.27. The van der Waals surface area contributed by atoms with Gasteiger partial charge >= 0.3 is 0 Å². The number of hydrogen-bond acceptors (Lipinski definition) is 5. The highest BCUT2D eigenvalue weighted by atomic mass is 16.5. The monoisotopic (exact) mass is 459 g/mol. The predicted molar refractivity (Wildman–Crippen MR) is 130 cm³/mol. The van der Waals surface area contributed by atoms with E-state index in [1.165, 1.54) is 13.2 Å². The first-order valence-corrected chi connectivity index (χ1v) is 10.4. The van der Waals surface area contributed by atoms with Crippen molar-refractivity contribution in [2.24, 2.45) is 0 Å². The second-order valence-corrected chi connectivity index (χ2v) is 7.29. The Labute approximate surface area is 197 Å². The lowest BCUT2D eigenvalue weighted by atomic mass is 10.1. The number of hydrazine groups is 1. The van der Waals surface area contributed by atoms with E-state index in [4.69, 9.17) is 9.47 Å². The lowest BCUT2D eigenvalue weighted by molar-refractivity contribution is -0.117. The third-order valence-corrected chi connectivity index (χ3v) is 4.82. The Bertz CT molecular complexity index is 1220. The number of rotatable bonds is 7. The van der Waals surface area contributed by atoms with E-state index in [1.807, 2.05) is 19.1 Å². The van der Waals surface area contributed by atoms with Crippen molar-refractivity contribution in [3.63, 3.8) is 0 Å². The minimum Gasteiger partial charge on any atom is -0.493 e. The molecule has 0 aromatic heterocycles. The first kappa shape index (κ1) is 24.1. The summed E-state index contributed by atoms with van der Waals surface area (Å²) in [6.45, 7) is 1.91. The molecule has 0 bridgehead atoms. The second-order valence-electron chi connectivity index (χ2n) is 7.29. The SMILES string of the molecule is COc1ccc(/C=C/C(=O)NNC(=O)c2ccc(NC(=O)c3cccc(C)c3)cc2)cc1OC. The summed E-state index contributed by atoms with van der Waals surface area (Å²) in [6, 6.07) is 18.8. The number of amides is 3. The van der Waals surface area contributed by atoms with Crippen LogP contribution in [0.1, 0.15) is 31.8 Å². The molecule has 0 spiro atoms. The molecule has 174 valence electrons. The summed E-state index contributed by atoms with van der Waals surface area (Å²) in [7, 11) is 3.07. The fourth-order valence-corrected chi connectivity index (χ4v) is 3.06. The molecule has 0 radical (unpaired) electrons. The molecule has 0 aliphatic heterocycles. The van der Waals surface area contributed by atoms with Crippen molar-refractivity contribution >= 4 is 29.5 Å². The lowest BCUT2D eigenvalue weighted by Crippen LogP contribution is -2.40. The Balaban J connectivity index is 1.52. The van der Waals surface area contributed by atoms with Crippen LogP contribution in [0.5, 0.6) is 11.5 Å². The van der Waals surface area contributed by atoms with Gasteiger partial charge in [-0.1, -0.05) is 23.8 Å². The van der Waals surface area contributed by atoms with Gasteiger partial charge in [0.2, 0.25) is 0 Å². The van der Waals surface area contributed by atoms with Crippen molar-refractivity contribution in [3.8, 4) is 11.5 Å². The van der Waals surface area contributed by atoms with E-state index in [1.54, 1.807) is 67.8 Å². The van der Waals surface area contributed by atoms with Crippen LogP contribution in [-0.4, -0.2) is 31.9 Å². The van der Waals surface area contributed by atoms with E-state index in [0.29, 0.717) is 28.3 Å². The Morgan fingerprint density at radius 3 is 2.18 bits per heavy atom. The van der Waals surface area contributed by atoms with E-state index < -0.39 is 11.8 Å². The van der Waals surface area contributed by atoms with Gasteiger partial charge in [0, 0.05) is 22.9 Å². The van der Waals surface area contributed by atoms with Crippen molar-refractivity contribution in [2.45, 2.75) is 6.92 Å². The van der Waals surface area contributed by atoms with Gasteiger partial charge in [-0.3, -0.25) is 25.2 Å². The molecular weight excluding hydrogens is 434 g/mol. The summed E-state index contributed by atoms with van der Waals surface area (Å²) < 4.78 is 10.4. The predicted octanol–water partition coefficient (Wildman–Crippen LogP) is 3.74. The van der Waals surface area contributed by atoms with Gasteiger partial charge in [-0.25, -0.2) is 0 Å². The Kier molecular flexibility index (Phi) is 8.02. The summed E-state index contributed by atoms with van der Waals surface area (Å²) in [5.74, 6) is -0.127. The number of benzene rings is 3. The van der Waals surface area contributed by atoms with Crippen LogP contribution in [-0.2, 0) is 4.79 Å². The molecule has 0 heterocycles. The Hall–Kier alpha value is -4.59. The Morgan fingerprint density at radius 1 is 0.765 bits per heavy atom. The van der Waals surface area contributed by atoms with Crippen molar-refractivity contribution in [1.82, 2.24) is 10.9 Å². The van der Waals surface area contributed by atoms with Crippen molar-refractivity contribution < 1.29 is 23.9 Å². The molecule has 3 aromatic rings. The summed E-state index contributed by atoms with van der Waals surface area (Å²) in [5.41, 5.74) is 7.79.